The number of carbonyl (C=O) groups excluding carboxylic acids is 2. The molecule has 0 atom stereocenters. The molecule has 5 nitrogen and oxygen atoms in total. The average Bonchev–Trinajstić information content (AvgIpc) is 2.58. The molecule has 1 heterocycles. The molecule has 2 aliphatic rings. The van der Waals surface area contributed by atoms with Crippen molar-refractivity contribution < 1.29 is 24.2 Å². The summed E-state index contributed by atoms with van der Waals surface area (Å²) in [6.07, 6.45) is 0.752. The summed E-state index contributed by atoms with van der Waals surface area (Å²) in [4.78, 5) is 25.2. The van der Waals surface area contributed by atoms with Gasteiger partial charge in [-0.1, -0.05) is 45.0 Å². The number of hydrogen-bond acceptors (Lipinski definition) is 5. The third-order valence-electron chi connectivity index (χ3n) is 4.79. The first-order valence-corrected chi connectivity index (χ1v) is 8.03. The fraction of sp³-hybridized carbons (Fsp3) is 0.474. The predicted molar refractivity (Wildman–Crippen MR) is 87.9 cm³/mol. The summed E-state index contributed by atoms with van der Waals surface area (Å²) in [5.74, 6) is -0.345. The Morgan fingerprint density at radius 3 is 2.33 bits per heavy atom. The molecular formula is C19H22O5. The lowest BCUT2D eigenvalue weighted by Gasteiger charge is -2.43. The normalized spacial score (nSPS) is 27.7. The molecule has 0 saturated carbocycles. The number of ketones is 2. The number of Topliss-reactive ketones (excluding diaryl/α,β-unsaturated/α-hetero) is 1. The standard InChI is InChI=1S/C19H22O5/c1-18(2,17-23-10-19(3,9-20)11-24-17)14-8-15(21)12-6-4-5-7-13(12)16(14)22/h4-8,17,20H,9-11H2,1-3H3. The van der Waals surface area contributed by atoms with Gasteiger partial charge in [-0.05, 0) is 6.08 Å². The van der Waals surface area contributed by atoms with Crippen molar-refractivity contribution in [3.63, 3.8) is 0 Å². The Morgan fingerprint density at radius 1 is 1.17 bits per heavy atom. The molecule has 1 aromatic carbocycles. The van der Waals surface area contributed by atoms with E-state index in [1.807, 2.05) is 20.8 Å². The molecule has 0 spiro atoms. The van der Waals surface area contributed by atoms with E-state index in [4.69, 9.17) is 9.47 Å². The third-order valence-corrected chi connectivity index (χ3v) is 4.79. The summed E-state index contributed by atoms with van der Waals surface area (Å²) in [6.45, 7) is 6.19. The molecule has 5 heteroatoms. The number of fused-ring (bicyclic) bond motifs is 1. The molecule has 0 radical (unpaired) electrons. The number of ether oxygens (including phenoxy) is 2. The number of benzene rings is 1. The average molecular weight is 330 g/mol. The minimum atomic E-state index is -0.781. The minimum absolute atomic E-state index is 0.0341. The molecule has 1 saturated heterocycles. The first kappa shape index (κ1) is 17.0. The van der Waals surface area contributed by atoms with Gasteiger partial charge in [0.15, 0.2) is 17.9 Å². The number of aliphatic hydroxyl groups is 1. The van der Waals surface area contributed by atoms with Crippen LogP contribution in [0.4, 0.5) is 0 Å². The molecule has 1 aliphatic heterocycles. The summed E-state index contributed by atoms with van der Waals surface area (Å²) in [7, 11) is 0. The van der Waals surface area contributed by atoms with E-state index in [0.29, 0.717) is 29.9 Å². The van der Waals surface area contributed by atoms with E-state index in [1.54, 1.807) is 24.3 Å². The summed E-state index contributed by atoms with van der Waals surface area (Å²) in [5, 5.41) is 9.40. The molecule has 1 aliphatic carbocycles. The van der Waals surface area contributed by atoms with Crippen molar-refractivity contribution in [2.45, 2.75) is 27.1 Å². The van der Waals surface area contributed by atoms with Gasteiger partial charge in [0.1, 0.15) is 0 Å². The van der Waals surface area contributed by atoms with E-state index in [-0.39, 0.29) is 18.2 Å². The van der Waals surface area contributed by atoms with Gasteiger partial charge in [-0.15, -0.1) is 0 Å². The molecule has 0 amide bonds. The predicted octanol–water partition coefficient (Wildman–Crippen LogP) is 2.39. The smallest absolute Gasteiger partial charge is 0.190 e. The second kappa shape index (κ2) is 5.92. The van der Waals surface area contributed by atoms with Crippen molar-refractivity contribution in [1.82, 2.24) is 0 Å². The minimum Gasteiger partial charge on any atom is -0.396 e. The van der Waals surface area contributed by atoms with E-state index < -0.39 is 17.1 Å². The SMILES string of the molecule is CC1(CO)COC(C(C)(C)C2=CC(=O)c3ccccc3C2=O)OC1. The maximum atomic E-state index is 12.9. The second-order valence-corrected chi connectivity index (χ2v) is 7.44. The molecule has 0 bridgehead atoms. The van der Waals surface area contributed by atoms with Gasteiger partial charge in [0.2, 0.25) is 0 Å². The largest absolute Gasteiger partial charge is 0.396 e. The third kappa shape index (κ3) is 2.73. The van der Waals surface area contributed by atoms with Gasteiger partial charge in [-0.25, -0.2) is 0 Å². The summed E-state index contributed by atoms with van der Waals surface area (Å²) in [6, 6.07) is 6.83. The summed E-state index contributed by atoms with van der Waals surface area (Å²) >= 11 is 0. The van der Waals surface area contributed by atoms with E-state index in [0.717, 1.165) is 0 Å². The lowest BCUT2D eigenvalue weighted by atomic mass is 9.74. The number of rotatable bonds is 3. The van der Waals surface area contributed by atoms with Crippen molar-refractivity contribution in [3.05, 3.63) is 47.0 Å². The van der Waals surface area contributed by atoms with Crippen LogP contribution in [-0.2, 0) is 9.47 Å². The van der Waals surface area contributed by atoms with Crippen LogP contribution in [0.5, 0.6) is 0 Å². The molecule has 128 valence electrons. The molecule has 1 aromatic rings. The maximum Gasteiger partial charge on any atom is 0.190 e. The molecule has 1 fully saturated rings. The highest BCUT2D eigenvalue weighted by Crippen LogP contribution is 2.40. The van der Waals surface area contributed by atoms with Gasteiger partial charge in [-0.2, -0.15) is 0 Å². The molecule has 0 unspecified atom stereocenters. The van der Waals surface area contributed by atoms with Crippen LogP contribution in [0.2, 0.25) is 0 Å². The summed E-state index contributed by atoms with van der Waals surface area (Å²) < 4.78 is 11.6. The first-order valence-electron chi connectivity index (χ1n) is 8.03. The first-order chi connectivity index (χ1) is 11.3. The van der Waals surface area contributed by atoms with E-state index >= 15 is 0 Å². The van der Waals surface area contributed by atoms with Crippen molar-refractivity contribution in [2.24, 2.45) is 10.8 Å². The fourth-order valence-electron chi connectivity index (χ4n) is 3.07. The zero-order valence-corrected chi connectivity index (χ0v) is 14.2. The molecular weight excluding hydrogens is 308 g/mol. The number of hydrogen-bond donors (Lipinski definition) is 1. The fourth-order valence-corrected chi connectivity index (χ4v) is 3.07. The Balaban J connectivity index is 1.88. The quantitative estimate of drug-likeness (QED) is 0.921. The van der Waals surface area contributed by atoms with Crippen LogP contribution in [0, 0.1) is 10.8 Å². The van der Waals surface area contributed by atoms with Crippen molar-refractivity contribution >= 4 is 11.6 Å². The highest BCUT2D eigenvalue weighted by atomic mass is 16.7. The number of allylic oxidation sites excluding steroid dienone is 1. The number of aliphatic hydroxyl groups excluding tert-OH is 1. The van der Waals surface area contributed by atoms with Gasteiger partial charge in [0, 0.05) is 27.5 Å². The zero-order valence-electron chi connectivity index (χ0n) is 14.2. The van der Waals surface area contributed by atoms with Crippen LogP contribution >= 0.6 is 0 Å². The Hall–Kier alpha value is -1.82. The van der Waals surface area contributed by atoms with Gasteiger partial charge < -0.3 is 14.6 Å². The molecule has 3 rings (SSSR count). The van der Waals surface area contributed by atoms with Crippen LogP contribution in [0.3, 0.4) is 0 Å². The van der Waals surface area contributed by atoms with Gasteiger partial charge in [0.05, 0.1) is 19.8 Å². The van der Waals surface area contributed by atoms with E-state index in [1.165, 1.54) is 6.08 Å². The van der Waals surface area contributed by atoms with Crippen LogP contribution in [-0.4, -0.2) is 42.8 Å². The van der Waals surface area contributed by atoms with Crippen LogP contribution in [0.1, 0.15) is 41.5 Å². The van der Waals surface area contributed by atoms with Gasteiger partial charge in [-0.3, -0.25) is 9.59 Å². The van der Waals surface area contributed by atoms with Crippen LogP contribution in [0.15, 0.2) is 35.9 Å². The zero-order chi connectivity index (χ0) is 17.5. The Labute approximate surface area is 141 Å². The summed E-state index contributed by atoms with van der Waals surface area (Å²) in [5.41, 5.74) is 0.0186. The van der Waals surface area contributed by atoms with Gasteiger partial charge >= 0.3 is 0 Å². The highest BCUT2D eigenvalue weighted by Gasteiger charge is 2.45. The second-order valence-electron chi connectivity index (χ2n) is 7.44. The van der Waals surface area contributed by atoms with Crippen LogP contribution < -0.4 is 0 Å². The van der Waals surface area contributed by atoms with Crippen molar-refractivity contribution in [1.29, 1.82) is 0 Å². The van der Waals surface area contributed by atoms with Crippen molar-refractivity contribution in [2.75, 3.05) is 19.8 Å². The van der Waals surface area contributed by atoms with Gasteiger partial charge in [0.25, 0.3) is 0 Å². The monoisotopic (exact) mass is 330 g/mol. The molecule has 24 heavy (non-hydrogen) atoms. The lowest BCUT2D eigenvalue weighted by Crippen LogP contribution is -2.49. The van der Waals surface area contributed by atoms with Crippen LogP contribution in [0.25, 0.3) is 0 Å². The Kier molecular flexibility index (Phi) is 4.20. The Bertz CT molecular complexity index is 708. The lowest BCUT2D eigenvalue weighted by molar-refractivity contribution is -0.263. The molecule has 0 aromatic heterocycles. The Morgan fingerprint density at radius 2 is 1.75 bits per heavy atom. The van der Waals surface area contributed by atoms with Crippen molar-refractivity contribution in [3.8, 4) is 0 Å². The highest BCUT2D eigenvalue weighted by molar-refractivity contribution is 6.24. The van der Waals surface area contributed by atoms with E-state index in [9.17, 15) is 14.7 Å². The van der Waals surface area contributed by atoms with E-state index in [2.05, 4.69) is 0 Å². The molecule has 1 N–H and O–H groups in total. The topological polar surface area (TPSA) is 72.8 Å². The maximum absolute atomic E-state index is 12.9. The number of carbonyl (C=O) groups is 2.